The molecule has 0 aromatic heterocycles. The monoisotopic (exact) mass is 170 g/mol. The summed E-state index contributed by atoms with van der Waals surface area (Å²) in [7, 11) is 0. The molecular weight excluding hydrogens is 160 g/mol. The minimum atomic E-state index is -0.0889. The molecule has 0 unspecified atom stereocenters. The zero-order valence-electron chi connectivity index (χ0n) is 7.29. The van der Waals surface area contributed by atoms with Crippen LogP contribution in [-0.2, 0) is 0 Å². The Bertz CT molecular complexity index is 411. The van der Waals surface area contributed by atoms with E-state index in [0.29, 0.717) is 5.78 Å². The van der Waals surface area contributed by atoms with Gasteiger partial charge in [0.2, 0.25) is 0 Å². The third-order valence-corrected chi connectivity index (χ3v) is 3.03. The van der Waals surface area contributed by atoms with E-state index in [1.165, 1.54) is 0 Å². The van der Waals surface area contributed by atoms with E-state index in [9.17, 15) is 4.79 Å². The first kappa shape index (κ1) is 7.07. The number of carbonyl (C=O) groups is 1. The molecule has 13 heavy (non-hydrogen) atoms. The number of hydrogen-bond acceptors (Lipinski definition) is 1. The van der Waals surface area contributed by atoms with Crippen LogP contribution in [0.1, 0.15) is 28.8 Å². The summed E-state index contributed by atoms with van der Waals surface area (Å²) in [4.78, 5) is 11.9. The Hall–Kier alpha value is -1.37. The van der Waals surface area contributed by atoms with Crippen molar-refractivity contribution in [3.8, 4) is 0 Å². The molecule has 0 amide bonds. The third kappa shape index (κ3) is 0.844. The fourth-order valence-corrected chi connectivity index (χ4v) is 1.97. The van der Waals surface area contributed by atoms with Crippen molar-refractivity contribution in [3.05, 3.63) is 41.5 Å². The van der Waals surface area contributed by atoms with Gasteiger partial charge in [0.1, 0.15) is 0 Å². The molecule has 1 nitrogen and oxygen atoms in total. The molecule has 0 saturated heterocycles. The fraction of sp³-hybridized carbons (Fsp3) is 0.250. The van der Waals surface area contributed by atoms with Crippen LogP contribution in [0.5, 0.6) is 0 Å². The minimum absolute atomic E-state index is 0.0889. The molecule has 0 aliphatic heterocycles. The SMILES string of the molecule is O=C1c2ccccc2C=CC12CC2. The first-order valence-corrected chi connectivity index (χ1v) is 4.65. The van der Waals surface area contributed by atoms with Crippen LogP contribution in [0.2, 0.25) is 0 Å². The van der Waals surface area contributed by atoms with Crippen LogP contribution in [0.3, 0.4) is 0 Å². The summed E-state index contributed by atoms with van der Waals surface area (Å²) in [5.74, 6) is 0.325. The lowest BCUT2D eigenvalue weighted by molar-refractivity contribution is 0.0928. The quantitative estimate of drug-likeness (QED) is 0.585. The average molecular weight is 170 g/mol. The van der Waals surface area contributed by atoms with Crippen molar-refractivity contribution in [2.45, 2.75) is 12.8 Å². The van der Waals surface area contributed by atoms with Crippen molar-refractivity contribution < 1.29 is 4.79 Å². The lowest BCUT2D eigenvalue weighted by Crippen LogP contribution is -2.17. The molecule has 0 N–H and O–H groups in total. The van der Waals surface area contributed by atoms with E-state index in [-0.39, 0.29) is 5.41 Å². The molecule has 0 radical (unpaired) electrons. The molecule has 1 saturated carbocycles. The molecule has 1 spiro atoms. The lowest BCUT2D eigenvalue weighted by Gasteiger charge is -2.16. The van der Waals surface area contributed by atoms with Gasteiger partial charge in [0.25, 0.3) is 0 Å². The molecule has 1 aromatic carbocycles. The maximum atomic E-state index is 11.9. The largest absolute Gasteiger partial charge is 0.293 e. The first-order valence-electron chi connectivity index (χ1n) is 4.65. The van der Waals surface area contributed by atoms with Gasteiger partial charge >= 0.3 is 0 Å². The van der Waals surface area contributed by atoms with Gasteiger partial charge in [0, 0.05) is 5.56 Å². The lowest BCUT2D eigenvalue weighted by atomic mass is 9.86. The summed E-state index contributed by atoms with van der Waals surface area (Å²) < 4.78 is 0. The van der Waals surface area contributed by atoms with Gasteiger partial charge in [-0.05, 0) is 18.4 Å². The normalized spacial score (nSPS) is 21.7. The number of hydrogen-bond donors (Lipinski definition) is 0. The van der Waals surface area contributed by atoms with Gasteiger partial charge in [0.15, 0.2) is 5.78 Å². The maximum absolute atomic E-state index is 11.9. The number of allylic oxidation sites excluding steroid dienone is 1. The van der Waals surface area contributed by atoms with Crippen molar-refractivity contribution in [2.24, 2.45) is 5.41 Å². The Morgan fingerprint density at radius 1 is 1.15 bits per heavy atom. The van der Waals surface area contributed by atoms with E-state index in [1.807, 2.05) is 24.3 Å². The van der Waals surface area contributed by atoms with Crippen molar-refractivity contribution in [1.82, 2.24) is 0 Å². The molecule has 1 heteroatoms. The third-order valence-electron chi connectivity index (χ3n) is 3.03. The highest BCUT2D eigenvalue weighted by Crippen LogP contribution is 2.52. The number of Topliss-reactive ketones (excluding diaryl/α,β-unsaturated/α-hetero) is 1. The van der Waals surface area contributed by atoms with Gasteiger partial charge in [-0.3, -0.25) is 4.79 Å². The van der Waals surface area contributed by atoms with E-state index in [4.69, 9.17) is 0 Å². The maximum Gasteiger partial charge on any atom is 0.173 e. The van der Waals surface area contributed by atoms with Crippen molar-refractivity contribution >= 4 is 11.9 Å². The van der Waals surface area contributed by atoms with Gasteiger partial charge in [-0.1, -0.05) is 36.4 Å². The minimum Gasteiger partial charge on any atom is -0.293 e. The van der Waals surface area contributed by atoms with E-state index in [0.717, 1.165) is 24.0 Å². The van der Waals surface area contributed by atoms with Crippen molar-refractivity contribution in [1.29, 1.82) is 0 Å². The van der Waals surface area contributed by atoms with E-state index in [2.05, 4.69) is 12.2 Å². The molecule has 1 fully saturated rings. The summed E-state index contributed by atoms with van der Waals surface area (Å²) in [6.07, 6.45) is 6.24. The Labute approximate surface area is 77.1 Å². The molecule has 1 aromatic rings. The molecule has 0 atom stereocenters. The van der Waals surface area contributed by atoms with Gasteiger partial charge in [-0.25, -0.2) is 0 Å². The summed E-state index contributed by atoms with van der Waals surface area (Å²) in [6.45, 7) is 0. The highest BCUT2D eigenvalue weighted by atomic mass is 16.1. The standard InChI is InChI=1S/C12H10O/c13-11-10-4-2-1-3-9(10)5-6-12(11)7-8-12/h1-6H,7-8H2. The van der Waals surface area contributed by atoms with Gasteiger partial charge in [-0.2, -0.15) is 0 Å². The van der Waals surface area contributed by atoms with Crippen LogP contribution in [-0.4, -0.2) is 5.78 Å². The summed E-state index contributed by atoms with van der Waals surface area (Å²) in [5.41, 5.74) is 1.89. The number of ketones is 1. The van der Waals surface area contributed by atoms with Crippen molar-refractivity contribution in [3.63, 3.8) is 0 Å². The Balaban J connectivity index is 2.21. The molecule has 2 aliphatic carbocycles. The second-order valence-corrected chi connectivity index (χ2v) is 3.91. The Morgan fingerprint density at radius 2 is 1.92 bits per heavy atom. The summed E-state index contributed by atoms with van der Waals surface area (Å²) >= 11 is 0. The average Bonchev–Trinajstić information content (AvgIpc) is 2.94. The zero-order chi connectivity index (χ0) is 8.89. The summed E-state index contributed by atoms with van der Waals surface area (Å²) in [5, 5.41) is 0. The molecule has 2 aliphatic rings. The van der Waals surface area contributed by atoms with Gasteiger partial charge < -0.3 is 0 Å². The predicted molar refractivity (Wildman–Crippen MR) is 51.5 cm³/mol. The number of fused-ring (bicyclic) bond motifs is 1. The zero-order valence-corrected chi connectivity index (χ0v) is 7.29. The smallest absolute Gasteiger partial charge is 0.173 e. The van der Waals surface area contributed by atoms with Crippen LogP contribution in [0.25, 0.3) is 6.08 Å². The molecule has 0 heterocycles. The van der Waals surface area contributed by atoms with Crippen LogP contribution in [0.15, 0.2) is 30.3 Å². The molecule has 0 bridgehead atoms. The van der Waals surface area contributed by atoms with Gasteiger partial charge in [-0.15, -0.1) is 0 Å². The highest BCUT2D eigenvalue weighted by Gasteiger charge is 2.49. The van der Waals surface area contributed by atoms with E-state index in [1.54, 1.807) is 0 Å². The van der Waals surface area contributed by atoms with Crippen LogP contribution in [0.4, 0.5) is 0 Å². The van der Waals surface area contributed by atoms with E-state index < -0.39 is 0 Å². The second kappa shape index (κ2) is 2.11. The number of benzene rings is 1. The Morgan fingerprint density at radius 3 is 2.69 bits per heavy atom. The van der Waals surface area contributed by atoms with Crippen LogP contribution in [0, 0.1) is 5.41 Å². The highest BCUT2D eigenvalue weighted by molar-refractivity contribution is 6.08. The van der Waals surface area contributed by atoms with E-state index >= 15 is 0 Å². The summed E-state index contributed by atoms with van der Waals surface area (Å²) in [6, 6.07) is 7.84. The number of carbonyl (C=O) groups excluding carboxylic acids is 1. The van der Waals surface area contributed by atoms with Crippen LogP contribution >= 0.6 is 0 Å². The van der Waals surface area contributed by atoms with Crippen LogP contribution < -0.4 is 0 Å². The number of rotatable bonds is 0. The molecule has 64 valence electrons. The van der Waals surface area contributed by atoms with Gasteiger partial charge in [0.05, 0.1) is 5.41 Å². The molecular formula is C12H10O. The molecule has 3 rings (SSSR count). The Kier molecular flexibility index (Phi) is 1.15. The second-order valence-electron chi connectivity index (χ2n) is 3.91. The van der Waals surface area contributed by atoms with Crippen molar-refractivity contribution in [2.75, 3.05) is 0 Å². The predicted octanol–water partition coefficient (Wildman–Crippen LogP) is 2.68. The first-order chi connectivity index (χ1) is 6.32. The fourth-order valence-electron chi connectivity index (χ4n) is 1.97. The topological polar surface area (TPSA) is 17.1 Å².